The zero-order valence-electron chi connectivity index (χ0n) is 35.8. The Hall–Kier alpha value is -8.24. The smallest absolute Gasteiger partial charge is 0.230 e. The molecule has 0 aliphatic carbocycles. The van der Waals surface area contributed by atoms with Crippen molar-refractivity contribution in [3.63, 3.8) is 0 Å². The van der Waals surface area contributed by atoms with E-state index in [1.165, 1.54) is 20.5 Å². The summed E-state index contributed by atoms with van der Waals surface area (Å²) >= 11 is 1.81. The number of hydrogen-bond donors (Lipinski definition) is 0. The van der Waals surface area contributed by atoms with Crippen LogP contribution in [0, 0.1) is 6.92 Å². The molecule has 0 bridgehead atoms. The predicted molar refractivity (Wildman–Crippen MR) is 278 cm³/mol. The van der Waals surface area contributed by atoms with Gasteiger partial charge >= 0.3 is 0 Å². The maximum atomic E-state index is 7.42. The summed E-state index contributed by atoms with van der Waals surface area (Å²) in [5, 5.41) is 10.8. The first-order valence-corrected chi connectivity index (χ1v) is 24.8. The largest absolute Gasteiger partial charge is 0.452 e. The fourth-order valence-electron chi connectivity index (χ4n) is 10.5. The molecule has 0 saturated carbocycles. The van der Waals surface area contributed by atoms with Gasteiger partial charge in [-0.05, 0) is 65.8 Å². The van der Waals surface area contributed by atoms with E-state index in [2.05, 4.69) is 186 Å². The Morgan fingerprint density at radius 3 is 1.86 bits per heavy atom. The molecule has 0 aliphatic heterocycles. The molecule has 0 atom stereocenters. The van der Waals surface area contributed by atoms with Crippen molar-refractivity contribution in [1.29, 1.82) is 0 Å². The van der Waals surface area contributed by atoms with Crippen LogP contribution in [0.3, 0.4) is 0 Å². The second kappa shape index (κ2) is 14.9. The second-order valence-corrected chi connectivity index (χ2v) is 21.2. The van der Waals surface area contributed by atoms with Gasteiger partial charge in [-0.1, -0.05) is 134 Å². The molecule has 0 aliphatic rings. The van der Waals surface area contributed by atoms with Gasteiger partial charge in [-0.25, -0.2) is 0 Å². The average molecular weight is 883 g/mol. The maximum Gasteiger partial charge on any atom is 0.230 e. The van der Waals surface area contributed by atoms with Crippen molar-refractivity contribution in [3.05, 3.63) is 207 Å². The standard InChI is InChI=1S/C57H38N6OSSi/c1-3-32-58-50-36(2)62(45-25-12-10-21-43(45)50)48-27-14-23-39-40-30-34-60-56(53(40)64-52(39)48)66(37-17-6-4-7-18-37,38-19-8-5-9-20-38)57-55-42(31-35-61-57)41-24-15-28-49(54(41)65-55)63-46-26-13-11-22-44(46)51-47(63)29-16-33-59-51/h3-35H,1H2,2H3. The lowest BCUT2D eigenvalue weighted by atomic mass is 10.1. The minimum atomic E-state index is -3.45. The van der Waals surface area contributed by atoms with Crippen LogP contribution in [0.1, 0.15) is 5.69 Å². The molecule has 312 valence electrons. The molecule has 0 N–H and O–H groups in total. The highest BCUT2D eigenvalue weighted by Gasteiger charge is 2.48. The minimum Gasteiger partial charge on any atom is -0.452 e. The van der Waals surface area contributed by atoms with E-state index in [0.29, 0.717) is 0 Å². The first-order valence-electron chi connectivity index (χ1n) is 22.0. The minimum absolute atomic E-state index is 0.761. The SMILES string of the molecule is C=CC=Nc1c(C)n(-c2cccc3c2oc2c([Si](c4ccccc4)(c4ccccc4)c4nccc5c4sc4c(-n6c7ccccc7c7ncccc76)cccc45)nccc23)c2ccccc12. The van der Waals surface area contributed by atoms with E-state index in [0.717, 1.165) is 98.3 Å². The van der Waals surface area contributed by atoms with E-state index < -0.39 is 8.07 Å². The van der Waals surface area contributed by atoms with E-state index in [1.807, 2.05) is 36.0 Å². The molecule has 0 amide bonds. The molecule has 0 radical (unpaired) electrons. The molecule has 13 rings (SSSR count). The van der Waals surface area contributed by atoms with Gasteiger partial charge in [-0.2, -0.15) is 0 Å². The van der Waals surface area contributed by atoms with E-state index in [-0.39, 0.29) is 0 Å². The summed E-state index contributed by atoms with van der Waals surface area (Å²) in [6.07, 6.45) is 9.31. The van der Waals surface area contributed by atoms with Gasteiger partial charge in [0.1, 0.15) is 0 Å². The summed E-state index contributed by atoms with van der Waals surface area (Å²) in [7, 11) is -3.45. The van der Waals surface area contributed by atoms with Crippen LogP contribution in [0.25, 0.3) is 86.3 Å². The highest BCUT2D eigenvalue weighted by Crippen LogP contribution is 2.42. The number of fused-ring (bicyclic) bond motifs is 10. The molecule has 7 nitrogen and oxygen atoms in total. The van der Waals surface area contributed by atoms with Gasteiger partial charge < -0.3 is 13.6 Å². The van der Waals surface area contributed by atoms with Gasteiger partial charge in [0, 0.05) is 62.8 Å². The summed E-state index contributed by atoms with van der Waals surface area (Å²) in [5.74, 6) is 0. The molecule has 9 heteroatoms. The molecule has 7 aromatic heterocycles. The lowest BCUT2D eigenvalue weighted by Crippen LogP contribution is -2.76. The van der Waals surface area contributed by atoms with Gasteiger partial charge in [-0.3, -0.25) is 19.9 Å². The number of furan rings is 1. The lowest BCUT2D eigenvalue weighted by molar-refractivity contribution is 0.666. The topological polar surface area (TPSA) is 74.0 Å². The molecule has 66 heavy (non-hydrogen) atoms. The summed E-state index contributed by atoms with van der Waals surface area (Å²) in [4.78, 5) is 20.7. The number of aromatic nitrogens is 5. The van der Waals surface area contributed by atoms with Crippen molar-refractivity contribution in [3.8, 4) is 11.4 Å². The van der Waals surface area contributed by atoms with Crippen LogP contribution in [0.5, 0.6) is 0 Å². The van der Waals surface area contributed by atoms with Crippen molar-refractivity contribution < 1.29 is 4.42 Å². The molecule has 0 unspecified atom stereocenters. The molecule has 13 aromatic rings. The summed E-state index contributed by atoms with van der Waals surface area (Å²) in [6, 6.07) is 60.3. The molecular formula is C57H38N6OSSi. The molecular weight excluding hydrogens is 845 g/mol. The Morgan fingerprint density at radius 1 is 0.515 bits per heavy atom. The fraction of sp³-hybridized carbons (Fsp3) is 0.0175. The number of benzene rings is 6. The zero-order valence-corrected chi connectivity index (χ0v) is 37.6. The predicted octanol–water partition coefficient (Wildman–Crippen LogP) is 11.8. The Balaban J connectivity index is 1.14. The Morgan fingerprint density at radius 2 is 1.11 bits per heavy atom. The van der Waals surface area contributed by atoms with Crippen molar-refractivity contribution in [2.45, 2.75) is 6.92 Å². The molecule has 0 saturated heterocycles. The van der Waals surface area contributed by atoms with E-state index in [9.17, 15) is 0 Å². The van der Waals surface area contributed by atoms with E-state index in [1.54, 1.807) is 12.3 Å². The molecule has 0 spiro atoms. The normalized spacial score (nSPS) is 12.3. The van der Waals surface area contributed by atoms with Crippen LogP contribution in [-0.4, -0.2) is 38.4 Å². The van der Waals surface area contributed by atoms with Gasteiger partial charge in [-0.15, -0.1) is 11.3 Å². The van der Waals surface area contributed by atoms with Crippen molar-refractivity contribution in [1.82, 2.24) is 24.1 Å². The van der Waals surface area contributed by atoms with Crippen molar-refractivity contribution >= 4 is 127 Å². The number of thiophene rings is 1. The Kier molecular flexibility index (Phi) is 8.64. The van der Waals surface area contributed by atoms with Crippen molar-refractivity contribution in [2.24, 2.45) is 4.99 Å². The Labute approximate surface area is 383 Å². The number of para-hydroxylation sites is 3. The monoisotopic (exact) mass is 882 g/mol. The molecule has 0 fully saturated rings. The van der Waals surface area contributed by atoms with Gasteiger partial charge in [0.2, 0.25) is 8.07 Å². The fourth-order valence-corrected chi connectivity index (χ4v) is 16.9. The zero-order chi connectivity index (χ0) is 43.9. The third kappa shape index (κ3) is 5.35. The number of allylic oxidation sites excluding steroid dienone is 1. The van der Waals surface area contributed by atoms with Gasteiger partial charge in [0.05, 0.1) is 59.2 Å². The third-order valence-electron chi connectivity index (χ3n) is 13.2. The summed E-state index contributed by atoms with van der Waals surface area (Å²) in [5.41, 5.74) is 9.74. The first kappa shape index (κ1) is 38.2. The van der Waals surface area contributed by atoms with Crippen molar-refractivity contribution in [2.75, 3.05) is 0 Å². The van der Waals surface area contributed by atoms with Crippen LogP contribution < -0.4 is 21.0 Å². The quantitative estimate of drug-likeness (QED) is 0.113. The molecule has 6 aromatic carbocycles. The van der Waals surface area contributed by atoms with Gasteiger partial charge in [0.25, 0.3) is 0 Å². The number of pyridine rings is 3. The Bertz CT molecular complexity index is 4010. The van der Waals surface area contributed by atoms with E-state index >= 15 is 0 Å². The van der Waals surface area contributed by atoms with E-state index in [4.69, 9.17) is 24.4 Å². The van der Waals surface area contributed by atoms with Crippen LogP contribution in [0.4, 0.5) is 5.69 Å². The number of rotatable bonds is 8. The summed E-state index contributed by atoms with van der Waals surface area (Å²) in [6.45, 7) is 6.01. The summed E-state index contributed by atoms with van der Waals surface area (Å²) < 4.78 is 14.4. The van der Waals surface area contributed by atoms with Crippen LogP contribution in [-0.2, 0) is 0 Å². The number of nitrogens with zero attached hydrogens (tertiary/aromatic N) is 6. The number of aliphatic imine (C=N–C) groups is 1. The number of hydrogen-bond acceptors (Lipinski definition) is 6. The first-order chi connectivity index (χ1) is 32.7. The lowest BCUT2D eigenvalue weighted by Gasteiger charge is -2.32. The van der Waals surface area contributed by atoms with Crippen LogP contribution >= 0.6 is 11.3 Å². The second-order valence-electron chi connectivity index (χ2n) is 16.6. The van der Waals surface area contributed by atoms with Crippen LogP contribution in [0.15, 0.2) is 211 Å². The average Bonchev–Trinajstić information content (AvgIpc) is 4.12. The molecule has 7 heterocycles. The highest BCUT2D eigenvalue weighted by atomic mass is 32.1. The highest BCUT2D eigenvalue weighted by molar-refractivity contribution is 7.31. The van der Waals surface area contributed by atoms with Gasteiger partial charge in [0.15, 0.2) is 11.2 Å². The van der Waals surface area contributed by atoms with Crippen LogP contribution in [0.2, 0.25) is 0 Å². The maximum absolute atomic E-state index is 7.42. The third-order valence-corrected chi connectivity index (χ3v) is 19.2.